The predicted octanol–water partition coefficient (Wildman–Crippen LogP) is 2.60. The van der Waals surface area contributed by atoms with Crippen molar-refractivity contribution < 1.29 is 9.84 Å². The van der Waals surface area contributed by atoms with Gasteiger partial charge in [-0.15, -0.1) is 0 Å². The van der Waals surface area contributed by atoms with E-state index in [0.717, 1.165) is 0 Å². The fraction of sp³-hybridized carbons (Fsp3) is 0.0833. The smallest absolute Gasteiger partial charge is 0.238 e. The lowest BCUT2D eigenvalue weighted by molar-refractivity contribution is 0.276. The van der Waals surface area contributed by atoms with Crippen LogP contribution in [0.4, 0.5) is 5.69 Å². The second kappa shape index (κ2) is 5.03. The van der Waals surface area contributed by atoms with Crippen LogP contribution in [0.3, 0.4) is 0 Å². The number of nitrogens with two attached hydrogens (primary N) is 1. The van der Waals surface area contributed by atoms with Crippen LogP contribution in [0.2, 0.25) is 5.02 Å². The first-order valence-corrected chi connectivity index (χ1v) is 5.36. The van der Waals surface area contributed by atoms with E-state index in [1.807, 2.05) is 6.07 Å². The minimum atomic E-state index is -0.108. The van der Waals surface area contributed by atoms with E-state index < -0.39 is 0 Å². The number of nitrogen functional groups attached to an aromatic ring is 1. The second-order valence-corrected chi connectivity index (χ2v) is 3.83. The molecule has 3 N–H and O–H groups in total. The Morgan fingerprint density at radius 1 is 1.35 bits per heavy atom. The van der Waals surface area contributed by atoms with Gasteiger partial charge in [-0.1, -0.05) is 29.8 Å². The molecule has 0 aliphatic rings. The molecule has 0 radical (unpaired) electrons. The fourth-order valence-corrected chi connectivity index (χ4v) is 1.57. The van der Waals surface area contributed by atoms with Crippen LogP contribution in [0.5, 0.6) is 11.6 Å². The molecule has 0 aliphatic carbocycles. The van der Waals surface area contributed by atoms with Gasteiger partial charge in [-0.05, 0) is 12.1 Å². The number of rotatable bonds is 3. The summed E-state index contributed by atoms with van der Waals surface area (Å²) in [5, 5.41) is 9.49. The van der Waals surface area contributed by atoms with E-state index in [0.29, 0.717) is 22.0 Å². The lowest BCUT2D eigenvalue weighted by Gasteiger charge is -2.09. The van der Waals surface area contributed by atoms with Crippen molar-refractivity contribution in [1.82, 2.24) is 4.98 Å². The molecule has 0 bridgehead atoms. The maximum Gasteiger partial charge on any atom is 0.238 e. The van der Waals surface area contributed by atoms with Crippen LogP contribution >= 0.6 is 11.6 Å². The topological polar surface area (TPSA) is 68.4 Å². The number of aliphatic hydroxyl groups is 1. The Labute approximate surface area is 104 Å². The number of aromatic nitrogens is 1. The number of aliphatic hydroxyl groups excluding tert-OH is 1. The zero-order valence-corrected chi connectivity index (χ0v) is 9.69. The molecule has 0 fully saturated rings. The highest BCUT2D eigenvalue weighted by atomic mass is 35.5. The number of nitrogens with zero attached hydrogens (tertiary/aromatic N) is 1. The molecule has 2 rings (SSSR count). The van der Waals surface area contributed by atoms with E-state index in [1.54, 1.807) is 24.3 Å². The molecular formula is C12H11ClN2O2. The molecule has 0 saturated carbocycles. The van der Waals surface area contributed by atoms with Gasteiger partial charge in [0.05, 0.1) is 18.5 Å². The SMILES string of the molecule is Nc1cnc(Oc2ccccc2CO)c(Cl)c1. The Bertz CT molecular complexity index is 532. The Kier molecular flexibility index (Phi) is 3.46. The number of hydrogen-bond donors (Lipinski definition) is 2. The van der Waals surface area contributed by atoms with Crippen LogP contribution < -0.4 is 10.5 Å². The lowest BCUT2D eigenvalue weighted by Crippen LogP contribution is -1.95. The van der Waals surface area contributed by atoms with E-state index in [1.165, 1.54) is 6.20 Å². The Hall–Kier alpha value is -1.78. The molecule has 0 aliphatic heterocycles. The number of ether oxygens (including phenoxy) is 1. The summed E-state index contributed by atoms with van der Waals surface area (Å²) >= 11 is 5.94. The third kappa shape index (κ3) is 2.67. The molecule has 1 aromatic carbocycles. The molecule has 0 saturated heterocycles. The molecule has 17 heavy (non-hydrogen) atoms. The standard InChI is InChI=1S/C12H11ClN2O2/c13-10-5-9(14)6-15-12(10)17-11-4-2-1-3-8(11)7-16/h1-6,16H,7,14H2. The summed E-state index contributed by atoms with van der Waals surface area (Å²) < 4.78 is 5.53. The highest BCUT2D eigenvalue weighted by Gasteiger charge is 2.08. The van der Waals surface area contributed by atoms with Gasteiger partial charge in [-0.25, -0.2) is 4.98 Å². The average Bonchev–Trinajstić information content (AvgIpc) is 2.33. The van der Waals surface area contributed by atoms with Gasteiger partial charge in [0.2, 0.25) is 5.88 Å². The van der Waals surface area contributed by atoms with Crippen molar-refractivity contribution in [2.45, 2.75) is 6.61 Å². The first-order valence-electron chi connectivity index (χ1n) is 4.98. The van der Waals surface area contributed by atoms with Crippen molar-refractivity contribution in [3.63, 3.8) is 0 Å². The van der Waals surface area contributed by atoms with Crippen LogP contribution in [-0.4, -0.2) is 10.1 Å². The van der Waals surface area contributed by atoms with Crippen molar-refractivity contribution in [1.29, 1.82) is 0 Å². The van der Waals surface area contributed by atoms with E-state index in [2.05, 4.69) is 4.98 Å². The van der Waals surface area contributed by atoms with Crippen molar-refractivity contribution >= 4 is 17.3 Å². The lowest BCUT2D eigenvalue weighted by atomic mass is 10.2. The van der Waals surface area contributed by atoms with Gasteiger partial charge >= 0.3 is 0 Å². The molecule has 0 atom stereocenters. The van der Waals surface area contributed by atoms with E-state index >= 15 is 0 Å². The van der Waals surface area contributed by atoms with Crippen molar-refractivity contribution in [2.75, 3.05) is 5.73 Å². The van der Waals surface area contributed by atoms with Gasteiger partial charge in [-0.2, -0.15) is 0 Å². The third-order valence-electron chi connectivity index (χ3n) is 2.18. The van der Waals surface area contributed by atoms with Gasteiger partial charge in [0.25, 0.3) is 0 Å². The summed E-state index contributed by atoms with van der Waals surface area (Å²) in [7, 11) is 0. The van der Waals surface area contributed by atoms with Crippen molar-refractivity contribution in [2.24, 2.45) is 0 Å². The molecule has 0 unspecified atom stereocenters. The molecule has 4 nitrogen and oxygen atoms in total. The van der Waals surface area contributed by atoms with E-state index in [-0.39, 0.29) is 12.5 Å². The van der Waals surface area contributed by atoms with Gasteiger partial charge < -0.3 is 15.6 Å². The summed E-state index contributed by atoms with van der Waals surface area (Å²) in [6, 6.07) is 8.68. The zero-order chi connectivity index (χ0) is 12.3. The van der Waals surface area contributed by atoms with Gasteiger partial charge in [0.15, 0.2) is 0 Å². The second-order valence-electron chi connectivity index (χ2n) is 3.42. The first-order chi connectivity index (χ1) is 8.20. The molecule has 2 aromatic rings. The normalized spacial score (nSPS) is 10.2. The highest BCUT2D eigenvalue weighted by molar-refractivity contribution is 6.32. The molecule has 0 amide bonds. The fourth-order valence-electron chi connectivity index (χ4n) is 1.35. The minimum absolute atomic E-state index is 0.108. The monoisotopic (exact) mass is 250 g/mol. The Morgan fingerprint density at radius 2 is 2.12 bits per heavy atom. The molecule has 88 valence electrons. The van der Waals surface area contributed by atoms with Crippen molar-refractivity contribution in [3.8, 4) is 11.6 Å². The van der Waals surface area contributed by atoms with Crippen LogP contribution in [-0.2, 0) is 6.61 Å². The van der Waals surface area contributed by atoms with Crippen LogP contribution in [0, 0.1) is 0 Å². The Morgan fingerprint density at radius 3 is 2.82 bits per heavy atom. The van der Waals surface area contributed by atoms with Crippen molar-refractivity contribution in [3.05, 3.63) is 47.1 Å². The van der Waals surface area contributed by atoms with E-state index in [9.17, 15) is 0 Å². The molecule has 1 heterocycles. The summed E-state index contributed by atoms with van der Waals surface area (Å²) in [5.74, 6) is 0.788. The quantitative estimate of drug-likeness (QED) is 0.879. The maximum absolute atomic E-state index is 9.16. The number of halogens is 1. The number of pyridine rings is 1. The first kappa shape index (κ1) is 11.7. The largest absolute Gasteiger partial charge is 0.437 e. The van der Waals surface area contributed by atoms with E-state index in [4.69, 9.17) is 27.2 Å². The zero-order valence-electron chi connectivity index (χ0n) is 8.93. The van der Waals surface area contributed by atoms with Gasteiger partial charge in [-0.3, -0.25) is 0 Å². The molecule has 5 heteroatoms. The number of para-hydroxylation sites is 1. The molecular weight excluding hydrogens is 240 g/mol. The average molecular weight is 251 g/mol. The van der Waals surface area contributed by atoms with Crippen LogP contribution in [0.1, 0.15) is 5.56 Å². The summed E-state index contributed by atoms with van der Waals surface area (Å²) in [6.45, 7) is -0.108. The van der Waals surface area contributed by atoms with Crippen LogP contribution in [0.15, 0.2) is 36.5 Å². The number of benzene rings is 1. The van der Waals surface area contributed by atoms with Gasteiger partial charge in [0, 0.05) is 5.56 Å². The summed E-state index contributed by atoms with van der Waals surface area (Å²) in [5.41, 5.74) is 6.67. The third-order valence-corrected chi connectivity index (χ3v) is 2.45. The predicted molar refractivity (Wildman–Crippen MR) is 66.1 cm³/mol. The summed E-state index contributed by atoms with van der Waals surface area (Å²) in [6.07, 6.45) is 1.46. The minimum Gasteiger partial charge on any atom is -0.437 e. The van der Waals surface area contributed by atoms with Crippen LogP contribution in [0.25, 0.3) is 0 Å². The number of anilines is 1. The maximum atomic E-state index is 9.16. The van der Waals surface area contributed by atoms with Gasteiger partial charge in [0.1, 0.15) is 10.8 Å². The Balaban J connectivity index is 2.31. The summed E-state index contributed by atoms with van der Waals surface area (Å²) in [4.78, 5) is 3.99. The molecule has 0 spiro atoms. The molecule has 1 aromatic heterocycles. The number of hydrogen-bond acceptors (Lipinski definition) is 4. The highest BCUT2D eigenvalue weighted by Crippen LogP contribution is 2.30.